The van der Waals surface area contributed by atoms with Gasteiger partial charge in [0.15, 0.2) is 5.82 Å². The van der Waals surface area contributed by atoms with Crippen LogP contribution >= 0.6 is 0 Å². The molecule has 1 amide bonds. The second-order valence-electron chi connectivity index (χ2n) is 5.50. The third-order valence-corrected chi connectivity index (χ3v) is 3.31. The molecule has 0 radical (unpaired) electrons. The zero-order chi connectivity index (χ0) is 13.9. The quantitative estimate of drug-likeness (QED) is 0.816. The smallest absolute Gasteiger partial charge is 0.239 e. The Morgan fingerprint density at radius 1 is 1.63 bits per heavy atom. The van der Waals surface area contributed by atoms with Gasteiger partial charge in [-0.1, -0.05) is 0 Å². The van der Waals surface area contributed by atoms with E-state index in [1.165, 1.54) is 0 Å². The van der Waals surface area contributed by atoms with Crippen molar-refractivity contribution >= 4 is 11.7 Å². The van der Waals surface area contributed by atoms with Gasteiger partial charge in [-0.15, -0.1) is 5.10 Å². The molecule has 0 aromatic carbocycles. The largest absolute Gasteiger partial charge is 0.352 e. The molecule has 1 fully saturated rings. The molecule has 0 bridgehead atoms. The Morgan fingerprint density at radius 2 is 2.42 bits per heavy atom. The van der Waals surface area contributed by atoms with Gasteiger partial charge < -0.3 is 16.0 Å². The Kier molecular flexibility index (Phi) is 3.99. The fraction of sp³-hybridized carbons (Fsp3) is 0.615. The van der Waals surface area contributed by atoms with Gasteiger partial charge in [0.25, 0.3) is 0 Å². The highest BCUT2D eigenvalue weighted by molar-refractivity contribution is 5.85. The SMILES string of the molecule is CC(C)(N)C(=O)NCC1CCCN1c1cccnn1. The second-order valence-corrected chi connectivity index (χ2v) is 5.50. The summed E-state index contributed by atoms with van der Waals surface area (Å²) in [6, 6.07) is 4.09. The van der Waals surface area contributed by atoms with Crippen LogP contribution in [0.2, 0.25) is 0 Å². The Balaban J connectivity index is 1.95. The summed E-state index contributed by atoms with van der Waals surface area (Å²) in [5, 5.41) is 10.9. The molecular weight excluding hydrogens is 242 g/mol. The fourth-order valence-corrected chi connectivity index (χ4v) is 2.23. The molecule has 3 N–H and O–H groups in total. The van der Waals surface area contributed by atoms with E-state index in [1.54, 1.807) is 20.0 Å². The first kappa shape index (κ1) is 13.7. The summed E-state index contributed by atoms with van der Waals surface area (Å²) in [6.45, 7) is 4.95. The minimum Gasteiger partial charge on any atom is -0.352 e. The predicted molar refractivity (Wildman–Crippen MR) is 73.7 cm³/mol. The van der Waals surface area contributed by atoms with Gasteiger partial charge in [-0.25, -0.2) is 0 Å². The lowest BCUT2D eigenvalue weighted by atomic mass is 10.1. The average Bonchev–Trinajstić information content (AvgIpc) is 2.84. The van der Waals surface area contributed by atoms with E-state index in [-0.39, 0.29) is 11.9 Å². The molecular formula is C13H21N5O. The first-order valence-electron chi connectivity index (χ1n) is 6.60. The van der Waals surface area contributed by atoms with E-state index in [1.807, 2.05) is 12.1 Å². The van der Waals surface area contributed by atoms with Gasteiger partial charge in [0.2, 0.25) is 5.91 Å². The minimum absolute atomic E-state index is 0.126. The number of nitrogens with zero attached hydrogens (tertiary/aromatic N) is 3. The number of amides is 1. The standard InChI is InChI=1S/C13H21N5O/c1-13(2,14)12(19)15-9-10-5-4-8-18(10)11-6-3-7-16-17-11/h3,6-7,10H,4-5,8-9,14H2,1-2H3,(H,15,19). The van der Waals surface area contributed by atoms with Crippen molar-refractivity contribution in [1.29, 1.82) is 0 Å². The lowest BCUT2D eigenvalue weighted by molar-refractivity contribution is -0.125. The van der Waals surface area contributed by atoms with Crippen LogP contribution in [0.15, 0.2) is 18.3 Å². The number of nitrogens with two attached hydrogens (primary N) is 1. The summed E-state index contributed by atoms with van der Waals surface area (Å²) >= 11 is 0. The highest BCUT2D eigenvalue weighted by atomic mass is 16.2. The first-order chi connectivity index (χ1) is 8.98. The van der Waals surface area contributed by atoms with Crippen LogP contribution in [0, 0.1) is 0 Å². The summed E-state index contributed by atoms with van der Waals surface area (Å²) in [5.74, 6) is 0.741. The molecule has 2 rings (SSSR count). The summed E-state index contributed by atoms with van der Waals surface area (Å²) in [6.07, 6.45) is 3.80. The van der Waals surface area contributed by atoms with E-state index in [9.17, 15) is 4.79 Å². The van der Waals surface area contributed by atoms with Gasteiger partial charge in [-0.05, 0) is 38.8 Å². The number of anilines is 1. The molecule has 6 heteroatoms. The summed E-state index contributed by atoms with van der Waals surface area (Å²) in [5.41, 5.74) is 4.92. The molecule has 104 valence electrons. The summed E-state index contributed by atoms with van der Waals surface area (Å²) in [7, 11) is 0. The zero-order valence-electron chi connectivity index (χ0n) is 11.5. The van der Waals surface area contributed by atoms with Gasteiger partial charge in [0.1, 0.15) is 0 Å². The number of rotatable bonds is 4. The predicted octanol–water partition coefficient (Wildman–Crippen LogP) is 0.299. The van der Waals surface area contributed by atoms with Crippen LogP contribution in [0.5, 0.6) is 0 Å². The number of hydrogen-bond acceptors (Lipinski definition) is 5. The van der Waals surface area contributed by atoms with Gasteiger partial charge in [0.05, 0.1) is 5.54 Å². The lowest BCUT2D eigenvalue weighted by Gasteiger charge is -2.27. The molecule has 1 aliphatic heterocycles. The highest BCUT2D eigenvalue weighted by Gasteiger charge is 2.28. The van der Waals surface area contributed by atoms with Crippen LogP contribution < -0.4 is 16.0 Å². The minimum atomic E-state index is -0.837. The maximum Gasteiger partial charge on any atom is 0.239 e. The third-order valence-electron chi connectivity index (χ3n) is 3.31. The molecule has 0 aliphatic carbocycles. The summed E-state index contributed by atoms with van der Waals surface area (Å²) in [4.78, 5) is 14.0. The Morgan fingerprint density at radius 3 is 3.05 bits per heavy atom. The number of aromatic nitrogens is 2. The van der Waals surface area contributed by atoms with Crippen LogP contribution in [0.3, 0.4) is 0 Å². The maximum atomic E-state index is 11.8. The molecule has 0 saturated carbocycles. The maximum absolute atomic E-state index is 11.8. The number of nitrogens with one attached hydrogen (secondary N) is 1. The van der Waals surface area contributed by atoms with E-state index in [0.717, 1.165) is 25.2 Å². The molecule has 0 spiro atoms. The van der Waals surface area contributed by atoms with E-state index >= 15 is 0 Å². The van der Waals surface area contributed by atoms with E-state index < -0.39 is 5.54 Å². The van der Waals surface area contributed by atoms with Crippen molar-refractivity contribution in [3.8, 4) is 0 Å². The van der Waals surface area contributed by atoms with E-state index in [4.69, 9.17) is 5.73 Å². The molecule has 1 aromatic heterocycles. The zero-order valence-corrected chi connectivity index (χ0v) is 11.5. The van der Waals surface area contributed by atoms with E-state index in [0.29, 0.717) is 6.54 Å². The first-order valence-corrected chi connectivity index (χ1v) is 6.60. The Labute approximate surface area is 113 Å². The topological polar surface area (TPSA) is 84.1 Å². The van der Waals surface area contributed by atoms with Gasteiger partial charge in [0, 0.05) is 25.3 Å². The van der Waals surface area contributed by atoms with Gasteiger partial charge in [-0.2, -0.15) is 5.10 Å². The Bertz CT molecular complexity index is 428. The van der Waals surface area contributed by atoms with Crippen molar-refractivity contribution in [2.45, 2.75) is 38.3 Å². The third kappa shape index (κ3) is 3.41. The van der Waals surface area contributed by atoms with Crippen molar-refractivity contribution in [3.05, 3.63) is 18.3 Å². The molecule has 1 atom stereocenters. The molecule has 1 aromatic rings. The summed E-state index contributed by atoms with van der Waals surface area (Å²) < 4.78 is 0. The number of carbonyl (C=O) groups excluding carboxylic acids is 1. The molecule has 6 nitrogen and oxygen atoms in total. The fourth-order valence-electron chi connectivity index (χ4n) is 2.23. The number of hydrogen-bond donors (Lipinski definition) is 2. The molecule has 2 heterocycles. The van der Waals surface area contributed by atoms with Crippen LogP contribution in [-0.4, -0.2) is 40.8 Å². The lowest BCUT2D eigenvalue weighted by Crippen LogP contribution is -2.52. The van der Waals surface area contributed by atoms with Crippen LogP contribution in [0.25, 0.3) is 0 Å². The van der Waals surface area contributed by atoms with Crippen molar-refractivity contribution in [1.82, 2.24) is 15.5 Å². The van der Waals surface area contributed by atoms with E-state index in [2.05, 4.69) is 20.4 Å². The molecule has 1 aliphatic rings. The van der Waals surface area contributed by atoms with Crippen LogP contribution in [0.1, 0.15) is 26.7 Å². The van der Waals surface area contributed by atoms with Crippen molar-refractivity contribution < 1.29 is 4.79 Å². The monoisotopic (exact) mass is 263 g/mol. The molecule has 1 unspecified atom stereocenters. The van der Waals surface area contributed by atoms with Crippen molar-refractivity contribution in [2.75, 3.05) is 18.0 Å². The molecule has 1 saturated heterocycles. The average molecular weight is 263 g/mol. The van der Waals surface area contributed by atoms with Crippen molar-refractivity contribution in [2.24, 2.45) is 5.73 Å². The normalized spacial score (nSPS) is 19.5. The Hall–Kier alpha value is -1.69. The number of carbonyl (C=O) groups is 1. The highest BCUT2D eigenvalue weighted by Crippen LogP contribution is 2.22. The van der Waals surface area contributed by atoms with Crippen LogP contribution in [0.4, 0.5) is 5.82 Å². The van der Waals surface area contributed by atoms with Gasteiger partial charge >= 0.3 is 0 Å². The van der Waals surface area contributed by atoms with Gasteiger partial charge in [-0.3, -0.25) is 4.79 Å². The molecule has 19 heavy (non-hydrogen) atoms. The van der Waals surface area contributed by atoms with Crippen LogP contribution in [-0.2, 0) is 4.79 Å². The second kappa shape index (κ2) is 5.52. The van der Waals surface area contributed by atoms with Crippen molar-refractivity contribution in [3.63, 3.8) is 0 Å².